The van der Waals surface area contributed by atoms with Crippen molar-refractivity contribution < 1.29 is 32.4 Å². The Bertz CT molecular complexity index is 1400. The molecule has 2 saturated heterocycles. The topological polar surface area (TPSA) is 177 Å². The first kappa shape index (κ1) is 40.4. The molecular weight excluding hydrogens is 650 g/mol. The smallest absolute Gasteiger partial charge is 0.315 e. The number of rotatable bonds is 13. The van der Waals surface area contributed by atoms with Crippen molar-refractivity contribution in [3.8, 4) is 0 Å². The second-order valence-corrected chi connectivity index (χ2v) is 18.5. The molecule has 3 aliphatic rings. The molecule has 278 valence electrons. The summed E-state index contributed by atoms with van der Waals surface area (Å²) in [5.74, 6) is -2.62. The van der Waals surface area contributed by atoms with Crippen molar-refractivity contribution in [2.75, 3.05) is 39.8 Å². The maximum Gasteiger partial charge on any atom is 0.315 e. The molecule has 3 rings (SSSR count). The number of Topliss-reactive ketones (excluding diaryl/α,β-unsaturated/α-hetero) is 1. The summed E-state index contributed by atoms with van der Waals surface area (Å²) < 4.78 is 28.6. The molecule has 0 bridgehead atoms. The lowest BCUT2D eigenvalue weighted by Crippen LogP contribution is -2.63. The van der Waals surface area contributed by atoms with E-state index in [1.54, 1.807) is 0 Å². The third-order valence-corrected chi connectivity index (χ3v) is 12.3. The highest BCUT2D eigenvalue weighted by Gasteiger charge is 2.70. The molecule has 0 spiro atoms. The quantitative estimate of drug-likeness (QED) is 0.166. The monoisotopic (exact) mass is 709 g/mol. The summed E-state index contributed by atoms with van der Waals surface area (Å²) >= 11 is 0. The summed E-state index contributed by atoms with van der Waals surface area (Å²) in [6.45, 7) is 21.9. The SMILES string of the molecule is C=CCNC(=O)C(=O)C(CCC)NC(=O)[C@@H]1[C@@H]2[C@H](CN1C(=O)[C@@H](NC(=O)N[C@H](CN1CCCN(C)S1(=O)=O)C(C)(C)C)C(C)(C)C)C2(C)C. The average molecular weight is 710 g/mol. The highest BCUT2D eigenvalue weighted by molar-refractivity contribution is 7.86. The Labute approximate surface area is 292 Å². The molecule has 2 heterocycles. The molecule has 2 aliphatic heterocycles. The van der Waals surface area contributed by atoms with Crippen molar-refractivity contribution in [1.29, 1.82) is 0 Å². The first-order chi connectivity index (χ1) is 22.5. The number of carbonyl (C=O) groups is 5. The van der Waals surface area contributed by atoms with Crippen molar-refractivity contribution in [3.63, 3.8) is 0 Å². The van der Waals surface area contributed by atoms with Gasteiger partial charge in [-0.15, -0.1) is 6.58 Å². The molecule has 6 atom stereocenters. The fourth-order valence-electron chi connectivity index (χ4n) is 7.01. The van der Waals surface area contributed by atoms with Gasteiger partial charge >= 0.3 is 6.03 Å². The van der Waals surface area contributed by atoms with Gasteiger partial charge in [-0.1, -0.05) is 74.8 Å². The van der Waals surface area contributed by atoms with E-state index in [0.29, 0.717) is 32.5 Å². The standard InChI is InChI=1S/C34H59N7O7S/c1-12-15-22(26(42)29(44)35-16-13-2)36-28(43)25-24-21(34(24,9)10)19-41(25)30(45)27(33(6,7)8)38-31(46)37-23(32(3,4)5)20-40-18-14-17-39(11)49(40,47)48/h13,21-25,27H,2,12,14-20H2,1,3-11H3,(H,35,44)(H,36,43)(H2,37,38,46)/t21-,22?,23+,24-,25-,27+/m0/s1. The second kappa shape index (κ2) is 15.1. The van der Waals surface area contributed by atoms with Gasteiger partial charge in [0.25, 0.3) is 16.1 Å². The molecule has 0 aromatic heterocycles. The Balaban J connectivity index is 1.83. The van der Waals surface area contributed by atoms with E-state index < -0.39 is 74.7 Å². The van der Waals surface area contributed by atoms with Gasteiger partial charge in [0.1, 0.15) is 12.1 Å². The summed E-state index contributed by atoms with van der Waals surface area (Å²) in [4.78, 5) is 68.9. The highest BCUT2D eigenvalue weighted by atomic mass is 32.2. The van der Waals surface area contributed by atoms with Gasteiger partial charge in [-0.3, -0.25) is 19.2 Å². The van der Waals surface area contributed by atoms with Crippen molar-refractivity contribution >= 4 is 39.7 Å². The first-order valence-corrected chi connectivity index (χ1v) is 18.7. The number of hydrogen-bond acceptors (Lipinski definition) is 7. The Morgan fingerprint density at radius 2 is 1.61 bits per heavy atom. The molecule has 1 aliphatic carbocycles. The molecule has 5 amide bonds. The van der Waals surface area contributed by atoms with Crippen LogP contribution in [-0.4, -0.2) is 115 Å². The Kier molecular flexibility index (Phi) is 12.4. The van der Waals surface area contributed by atoms with E-state index in [-0.39, 0.29) is 36.8 Å². The highest BCUT2D eigenvalue weighted by Crippen LogP contribution is 2.65. The number of carbonyl (C=O) groups excluding carboxylic acids is 5. The molecule has 49 heavy (non-hydrogen) atoms. The van der Waals surface area contributed by atoms with E-state index in [4.69, 9.17) is 0 Å². The number of hydrogen-bond donors (Lipinski definition) is 4. The van der Waals surface area contributed by atoms with Gasteiger partial charge in [0.2, 0.25) is 17.6 Å². The van der Waals surface area contributed by atoms with Crippen molar-refractivity contribution in [2.45, 2.75) is 106 Å². The average Bonchev–Trinajstić information content (AvgIpc) is 3.30. The largest absolute Gasteiger partial charge is 0.346 e. The van der Waals surface area contributed by atoms with Crippen molar-refractivity contribution in [3.05, 3.63) is 12.7 Å². The Morgan fingerprint density at radius 1 is 0.980 bits per heavy atom. The molecule has 3 fully saturated rings. The second-order valence-electron chi connectivity index (χ2n) is 16.5. The van der Waals surface area contributed by atoms with E-state index in [1.807, 2.05) is 62.3 Å². The summed E-state index contributed by atoms with van der Waals surface area (Å²) in [6.07, 6.45) is 2.91. The Hall–Kier alpha value is -3.04. The number of ketones is 1. The number of nitrogens with zero attached hydrogens (tertiary/aromatic N) is 3. The molecule has 15 heteroatoms. The van der Waals surface area contributed by atoms with Crippen LogP contribution in [0.15, 0.2) is 12.7 Å². The van der Waals surface area contributed by atoms with Crippen molar-refractivity contribution in [1.82, 2.24) is 34.8 Å². The zero-order chi connectivity index (χ0) is 37.3. The van der Waals surface area contributed by atoms with Crippen LogP contribution in [-0.2, 0) is 29.4 Å². The minimum atomic E-state index is -3.67. The van der Waals surface area contributed by atoms with Crippen LogP contribution in [0.3, 0.4) is 0 Å². The van der Waals surface area contributed by atoms with Crippen LogP contribution in [0, 0.1) is 28.1 Å². The third-order valence-electron chi connectivity index (χ3n) is 10.3. The van der Waals surface area contributed by atoms with Gasteiger partial charge in [-0.2, -0.15) is 17.0 Å². The molecule has 4 N–H and O–H groups in total. The predicted molar refractivity (Wildman–Crippen MR) is 187 cm³/mol. The summed E-state index contributed by atoms with van der Waals surface area (Å²) in [7, 11) is -2.13. The summed E-state index contributed by atoms with van der Waals surface area (Å²) in [6, 6.07) is -4.19. The summed E-state index contributed by atoms with van der Waals surface area (Å²) in [5.41, 5.74) is -1.50. The molecule has 1 saturated carbocycles. The minimum absolute atomic E-state index is 0.0488. The van der Waals surface area contributed by atoms with Crippen LogP contribution in [0.2, 0.25) is 0 Å². The van der Waals surface area contributed by atoms with Gasteiger partial charge in [0.15, 0.2) is 0 Å². The number of nitrogens with one attached hydrogen (secondary N) is 4. The maximum atomic E-state index is 14.4. The number of amides is 5. The molecule has 1 unspecified atom stereocenters. The molecular formula is C34H59N7O7S. The van der Waals surface area contributed by atoms with Gasteiger partial charge < -0.3 is 26.2 Å². The predicted octanol–water partition coefficient (Wildman–Crippen LogP) is 1.64. The lowest BCUT2D eigenvalue weighted by molar-refractivity contribution is -0.145. The normalized spacial score (nSPS) is 25.3. The summed E-state index contributed by atoms with van der Waals surface area (Å²) in [5, 5.41) is 11.1. The number of urea groups is 1. The minimum Gasteiger partial charge on any atom is -0.346 e. The van der Waals surface area contributed by atoms with Crippen LogP contribution >= 0.6 is 0 Å². The van der Waals surface area contributed by atoms with Gasteiger partial charge in [-0.25, -0.2) is 4.79 Å². The fraction of sp³-hybridized carbons (Fsp3) is 0.794. The lowest BCUT2D eigenvalue weighted by Gasteiger charge is -2.40. The van der Waals surface area contributed by atoms with Crippen LogP contribution in [0.4, 0.5) is 4.79 Å². The van der Waals surface area contributed by atoms with Gasteiger partial charge in [0, 0.05) is 45.8 Å². The van der Waals surface area contributed by atoms with Crippen LogP contribution in [0.5, 0.6) is 0 Å². The van der Waals surface area contributed by atoms with E-state index in [0.717, 1.165) is 0 Å². The zero-order valence-electron chi connectivity index (χ0n) is 31.0. The molecule has 14 nitrogen and oxygen atoms in total. The van der Waals surface area contributed by atoms with E-state index in [9.17, 15) is 32.4 Å². The van der Waals surface area contributed by atoms with Crippen LogP contribution in [0.1, 0.15) is 81.6 Å². The molecule has 0 aromatic carbocycles. The number of likely N-dealkylation sites (tertiary alicyclic amines) is 1. The van der Waals surface area contributed by atoms with Gasteiger partial charge in [0.05, 0.1) is 6.04 Å². The van der Waals surface area contributed by atoms with Crippen molar-refractivity contribution in [2.24, 2.45) is 28.1 Å². The fourth-order valence-corrected chi connectivity index (χ4v) is 8.46. The van der Waals surface area contributed by atoms with E-state index in [2.05, 4.69) is 27.8 Å². The van der Waals surface area contributed by atoms with Gasteiger partial charge in [-0.05, 0) is 40.9 Å². The number of piperidine rings is 1. The van der Waals surface area contributed by atoms with Crippen LogP contribution in [0.25, 0.3) is 0 Å². The van der Waals surface area contributed by atoms with Crippen LogP contribution < -0.4 is 21.3 Å². The van der Waals surface area contributed by atoms with E-state index in [1.165, 1.54) is 26.6 Å². The van der Waals surface area contributed by atoms with E-state index >= 15 is 0 Å². The maximum absolute atomic E-state index is 14.4. The molecule has 0 radical (unpaired) electrons. The Morgan fingerprint density at radius 3 is 2.16 bits per heavy atom. The number of fused-ring (bicyclic) bond motifs is 1. The third kappa shape index (κ3) is 9.01. The lowest BCUT2D eigenvalue weighted by atomic mass is 9.85. The first-order valence-electron chi connectivity index (χ1n) is 17.3. The molecule has 0 aromatic rings. The zero-order valence-corrected chi connectivity index (χ0v) is 31.8.